The van der Waals surface area contributed by atoms with Crippen LogP contribution in [0.2, 0.25) is 5.02 Å². The van der Waals surface area contributed by atoms with Gasteiger partial charge in [-0.05, 0) is 43.8 Å². The Bertz CT molecular complexity index is 893. The van der Waals surface area contributed by atoms with Crippen molar-refractivity contribution < 1.29 is 14.0 Å². The van der Waals surface area contributed by atoms with Gasteiger partial charge in [0, 0.05) is 25.5 Å². The standard InChI is InChI=1S/C21H25ClN4O3/c1-14(25(4)13-20(27)24(2)3)21(28)26-18(19-6-5-11-29-19)12-17(23-26)15-7-9-16(22)10-8-15/h5-11,14,18H,12-13H2,1-4H3/t14-,18+/m0/s1. The van der Waals surface area contributed by atoms with Crippen molar-refractivity contribution in [3.8, 4) is 0 Å². The van der Waals surface area contributed by atoms with E-state index in [2.05, 4.69) is 5.10 Å². The van der Waals surface area contributed by atoms with Crippen molar-refractivity contribution in [3.63, 3.8) is 0 Å². The number of benzene rings is 1. The van der Waals surface area contributed by atoms with Crippen LogP contribution in [-0.2, 0) is 9.59 Å². The molecule has 2 heterocycles. The third-order valence-corrected chi connectivity index (χ3v) is 5.34. The van der Waals surface area contributed by atoms with Crippen molar-refractivity contribution in [2.75, 3.05) is 27.7 Å². The second-order valence-corrected chi connectivity index (χ2v) is 7.79. The Labute approximate surface area is 175 Å². The van der Waals surface area contributed by atoms with Crippen molar-refractivity contribution in [1.29, 1.82) is 0 Å². The van der Waals surface area contributed by atoms with Gasteiger partial charge in [0.05, 0.1) is 24.6 Å². The van der Waals surface area contributed by atoms with E-state index in [4.69, 9.17) is 16.0 Å². The van der Waals surface area contributed by atoms with E-state index < -0.39 is 6.04 Å². The van der Waals surface area contributed by atoms with Crippen LogP contribution in [0.3, 0.4) is 0 Å². The van der Waals surface area contributed by atoms with Gasteiger partial charge in [-0.15, -0.1) is 0 Å². The summed E-state index contributed by atoms with van der Waals surface area (Å²) in [4.78, 5) is 28.5. The van der Waals surface area contributed by atoms with E-state index in [1.807, 2.05) is 18.2 Å². The summed E-state index contributed by atoms with van der Waals surface area (Å²) in [5, 5.41) is 6.74. The van der Waals surface area contributed by atoms with Gasteiger partial charge in [0.25, 0.3) is 5.91 Å². The number of carbonyl (C=O) groups excluding carboxylic acids is 2. The lowest BCUT2D eigenvalue weighted by atomic mass is 10.0. The first kappa shape index (κ1) is 21.1. The van der Waals surface area contributed by atoms with Crippen molar-refractivity contribution in [2.24, 2.45) is 5.10 Å². The molecule has 0 N–H and O–H groups in total. The minimum absolute atomic E-state index is 0.0680. The lowest BCUT2D eigenvalue weighted by Gasteiger charge is -2.29. The SMILES string of the molecule is C[C@@H](C(=O)N1N=C(c2ccc(Cl)cc2)C[C@@H]1c1ccco1)N(C)CC(=O)N(C)C. The summed E-state index contributed by atoms with van der Waals surface area (Å²) in [6.07, 6.45) is 2.12. The number of hydrogen-bond donors (Lipinski definition) is 0. The lowest BCUT2D eigenvalue weighted by molar-refractivity contribution is -0.139. The summed E-state index contributed by atoms with van der Waals surface area (Å²) >= 11 is 5.99. The number of carbonyl (C=O) groups is 2. The fourth-order valence-electron chi connectivity index (χ4n) is 3.10. The Morgan fingerprint density at radius 3 is 2.52 bits per heavy atom. The number of hydrogen-bond acceptors (Lipinski definition) is 5. The smallest absolute Gasteiger partial charge is 0.260 e. The van der Waals surface area contributed by atoms with Crippen LogP contribution in [0.15, 0.2) is 52.2 Å². The number of amides is 2. The monoisotopic (exact) mass is 416 g/mol. The summed E-state index contributed by atoms with van der Waals surface area (Å²) < 4.78 is 5.57. The zero-order valence-electron chi connectivity index (χ0n) is 17.0. The van der Waals surface area contributed by atoms with Gasteiger partial charge >= 0.3 is 0 Å². The van der Waals surface area contributed by atoms with E-state index in [0.29, 0.717) is 17.2 Å². The predicted molar refractivity (Wildman–Crippen MR) is 112 cm³/mol. The molecule has 1 aromatic carbocycles. The number of nitrogens with zero attached hydrogens (tertiary/aromatic N) is 4. The van der Waals surface area contributed by atoms with Gasteiger partial charge in [0.1, 0.15) is 11.8 Å². The minimum Gasteiger partial charge on any atom is -0.467 e. The molecule has 1 aliphatic rings. The molecule has 0 saturated heterocycles. The normalized spacial score (nSPS) is 17.4. The lowest BCUT2D eigenvalue weighted by Crippen LogP contribution is -2.47. The van der Waals surface area contributed by atoms with Gasteiger partial charge < -0.3 is 9.32 Å². The molecule has 29 heavy (non-hydrogen) atoms. The Hall–Kier alpha value is -2.64. The highest BCUT2D eigenvalue weighted by molar-refractivity contribution is 6.30. The molecule has 0 saturated carbocycles. The molecular formula is C21H25ClN4O3. The zero-order chi connectivity index (χ0) is 21.1. The van der Waals surface area contributed by atoms with Crippen LogP contribution in [0, 0.1) is 0 Å². The molecule has 154 valence electrons. The average molecular weight is 417 g/mol. The van der Waals surface area contributed by atoms with Crippen molar-refractivity contribution in [3.05, 3.63) is 59.0 Å². The van der Waals surface area contributed by atoms with E-state index >= 15 is 0 Å². The molecule has 2 aromatic rings. The highest BCUT2D eigenvalue weighted by Crippen LogP contribution is 2.34. The zero-order valence-corrected chi connectivity index (χ0v) is 17.8. The largest absolute Gasteiger partial charge is 0.467 e. The number of furan rings is 1. The Kier molecular flexibility index (Phi) is 6.39. The molecule has 1 aliphatic heterocycles. The molecule has 8 heteroatoms. The summed E-state index contributed by atoms with van der Waals surface area (Å²) in [6.45, 7) is 1.92. The second-order valence-electron chi connectivity index (χ2n) is 7.35. The first-order valence-corrected chi connectivity index (χ1v) is 9.76. The van der Waals surface area contributed by atoms with Crippen LogP contribution in [-0.4, -0.2) is 66.1 Å². The first-order valence-electron chi connectivity index (χ1n) is 9.38. The fourth-order valence-corrected chi connectivity index (χ4v) is 3.23. The van der Waals surface area contributed by atoms with E-state index in [9.17, 15) is 9.59 Å². The number of likely N-dealkylation sites (N-methyl/N-ethyl adjacent to an activating group) is 2. The highest BCUT2D eigenvalue weighted by Gasteiger charge is 2.37. The van der Waals surface area contributed by atoms with E-state index in [1.165, 1.54) is 9.91 Å². The van der Waals surface area contributed by atoms with Gasteiger partial charge in [0.2, 0.25) is 5.91 Å². The molecule has 0 radical (unpaired) electrons. The van der Waals surface area contributed by atoms with E-state index in [0.717, 1.165) is 11.3 Å². The van der Waals surface area contributed by atoms with E-state index in [1.54, 1.807) is 57.4 Å². The summed E-state index contributed by atoms with van der Waals surface area (Å²) in [5.74, 6) is 0.413. The topological polar surface area (TPSA) is 69.4 Å². The maximum atomic E-state index is 13.3. The van der Waals surface area contributed by atoms with Crippen molar-refractivity contribution >= 4 is 29.1 Å². The molecule has 0 bridgehead atoms. The van der Waals surface area contributed by atoms with Gasteiger partial charge in [-0.3, -0.25) is 14.5 Å². The Morgan fingerprint density at radius 2 is 1.93 bits per heavy atom. The Morgan fingerprint density at radius 1 is 1.24 bits per heavy atom. The van der Waals surface area contributed by atoms with Crippen LogP contribution < -0.4 is 0 Å². The van der Waals surface area contributed by atoms with E-state index in [-0.39, 0.29) is 24.4 Å². The fraction of sp³-hybridized carbons (Fsp3) is 0.381. The molecule has 3 rings (SSSR count). The quantitative estimate of drug-likeness (QED) is 0.725. The highest BCUT2D eigenvalue weighted by atomic mass is 35.5. The van der Waals surface area contributed by atoms with Crippen molar-refractivity contribution in [1.82, 2.24) is 14.8 Å². The molecule has 0 aliphatic carbocycles. The molecule has 0 fully saturated rings. The van der Waals surface area contributed by atoms with Crippen LogP contribution in [0.25, 0.3) is 0 Å². The molecule has 1 aromatic heterocycles. The predicted octanol–water partition coefficient (Wildman–Crippen LogP) is 3.02. The van der Waals surface area contributed by atoms with Gasteiger partial charge in [-0.1, -0.05) is 23.7 Å². The van der Waals surface area contributed by atoms with Crippen LogP contribution in [0.1, 0.15) is 30.7 Å². The second kappa shape index (κ2) is 8.80. The summed E-state index contributed by atoms with van der Waals surface area (Å²) in [6, 6.07) is 10.2. The molecule has 7 nitrogen and oxygen atoms in total. The van der Waals surface area contributed by atoms with Crippen LogP contribution >= 0.6 is 11.6 Å². The average Bonchev–Trinajstić information content (AvgIpc) is 3.36. The number of halogens is 1. The van der Waals surface area contributed by atoms with Crippen LogP contribution in [0.5, 0.6) is 0 Å². The number of rotatable bonds is 6. The summed E-state index contributed by atoms with van der Waals surface area (Å²) in [5.41, 5.74) is 1.70. The third kappa shape index (κ3) is 4.68. The van der Waals surface area contributed by atoms with Gasteiger partial charge in [0.15, 0.2) is 0 Å². The maximum absolute atomic E-state index is 13.3. The molecule has 2 amide bonds. The maximum Gasteiger partial charge on any atom is 0.260 e. The van der Waals surface area contributed by atoms with Crippen LogP contribution in [0.4, 0.5) is 0 Å². The van der Waals surface area contributed by atoms with Gasteiger partial charge in [-0.25, -0.2) is 5.01 Å². The first-order chi connectivity index (χ1) is 13.8. The minimum atomic E-state index is -0.523. The molecular weight excluding hydrogens is 392 g/mol. The third-order valence-electron chi connectivity index (χ3n) is 5.09. The Balaban J connectivity index is 1.84. The summed E-state index contributed by atoms with van der Waals surface area (Å²) in [7, 11) is 5.14. The van der Waals surface area contributed by atoms with Gasteiger partial charge in [-0.2, -0.15) is 5.10 Å². The molecule has 2 atom stereocenters. The number of hydrazone groups is 1. The molecule has 0 spiro atoms. The molecule has 0 unspecified atom stereocenters. The van der Waals surface area contributed by atoms with Crippen molar-refractivity contribution in [2.45, 2.75) is 25.4 Å².